The number of carbonyl (C=O) groups excluding carboxylic acids is 3. The summed E-state index contributed by atoms with van der Waals surface area (Å²) in [6.45, 7) is 5.13. The molecule has 1 saturated carbocycles. The normalized spacial score (nSPS) is 14.7. The molecule has 1 aliphatic rings. The van der Waals surface area contributed by atoms with Crippen LogP contribution >= 0.6 is 11.3 Å². The van der Waals surface area contributed by atoms with Crippen molar-refractivity contribution in [2.75, 3.05) is 5.32 Å². The fourth-order valence-electron chi connectivity index (χ4n) is 3.18. The minimum atomic E-state index is -0.618. The fraction of sp³-hybridized carbons (Fsp3) is 0.611. The van der Waals surface area contributed by atoms with Crippen molar-refractivity contribution in [3.8, 4) is 0 Å². The van der Waals surface area contributed by atoms with Gasteiger partial charge >= 0.3 is 5.97 Å². The Kier molecular flexibility index (Phi) is 6.58. The second kappa shape index (κ2) is 8.47. The molecular formula is C18H26N2O4S. The summed E-state index contributed by atoms with van der Waals surface area (Å²) in [5.74, 6) is -0.708. The van der Waals surface area contributed by atoms with Gasteiger partial charge in [-0.2, -0.15) is 0 Å². The van der Waals surface area contributed by atoms with Gasteiger partial charge < -0.3 is 15.8 Å². The van der Waals surface area contributed by atoms with Gasteiger partial charge in [0.1, 0.15) is 5.00 Å². The van der Waals surface area contributed by atoms with Gasteiger partial charge in [-0.05, 0) is 38.7 Å². The van der Waals surface area contributed by atoms with Crippen LogP contribution in [-0.2, 0) is 9.53 Å². The van der Waals surface area contributed by atoms with Gasteiger partial charge in [0, 0.05) is 6.42 Å². The molecule has 1 heterocycles. The van der Waals surface area contributed by atoms with E-state index in [1.54, 1.807) is 20.8 Å². The molecule has 6 nitrogen and oxygen atoms in total. The maximum Gasteiger partial charge on any atom is 0.341 e. The highest BCUT2D eigenvalue weighted by Gasteiger charge is 2.26. The van der Waals surface area contributed by atoms with Crippen LogP contribution in [0.15, 0.2) is 0 Å². The maximum absolute atomic E-state index is 12.4. The van der Waals surface area contributed by atoms with Crippen LogP contribution in [0.4, 0.5) is 5.00 Å². The number of hydrogen-bond acceptors (Lipinski definition) is 5. The molecule has 1 fully saturated rings. The Morgan fingerprint density at radius 1 is 1.28 bits per heavy atom. The van der Waals surface area contributed by atoms with Gasteiger partial charge in [-0.25, -0.2) is 4.79 Å². The molecule has 25 heavy (non-hydrogen) atoms. The molecule has 1 aromatic rings. The molecule has 0 aliphatic heterocycles. The molecule has 0 saturated heterocycles. The molecule has 2 rings (SSSR count). The lowest BCUT2D eigenvalue weighted by Crippen LogP contribution is -2.17. The van der Waals surface area contributed by atoms with Crippen LogP contribution < -0.4 is 11.1 Å². The van der Waals surface area contributed by atoms with Crippen molar-refractivity contribution in [1.29, 1.82) is 0 Å². The zero-order valence-electron chi connectivity index (χ0n) is 15.0. The molecule has 0 spiro atoms. The third kappa shape index (κ3) is 5.04. The first-order valence-corrected chi connectivity index (χ1v) is 9.55. The quantitative estimate of drug-likeness (QED) is 0.720. The predicted molar refractivity (Wildman–Crippen MR) is 97.9 cm³/mol. The van der Waals surface area contributed by atoms with E-state index in [4.69, 9.17) is 10.5 Å². The van der Waals surface area contributed by atoms with Gasteiger partial charge in [0.15, 0.2) is 0 Å². The van der Waals surface area contributed by atoms with Crippen molar-refractivity contribution in [2.45, 2.75) is 65.4 Å². The van der Waals surface area contributed by atoms with Gasteiger partial charge in [-0.1, -0.05) is 25.7 Å². The Bertz CT molecular complexity index is 660. The molecule has 1 aromatic heterocycles. The highest BCUT2D eigenvalue weighted by atomic mass is 32.1. The second-order valence-corrected chi connectivity index (χ2v) is 7.84. The van der Waals surface area contributed by atoms with E-state index in [1.807, 2.05) is 0 Å². The molecule has 0 aromatic carbocycles. The van der Waals surface area contributed by atoms with E-state index in [1.165, 1.54) is 25.7 Å². The number of carbonyl (C=O) groups is 3. The number of anilines is 1. The summed E-state index contributed by atoms with van der Waals surface area (Å²) >= 11 is 1.03. The third-order valence-electron chi connectivity index (χ3n) is 4.42. The lowest BCUT2D eigenvalue weighted by molar-refractivity contribution is -0.116. The van der Waals surface area contributed by atoms with Crippen molar-refractivity contribution in [2.24, 2.45) is 11.7 Å². The largest absolute Gasteiger partial charge is 0.459 e. The van der Waals surface area contributed by atoms with Crippen molar-refractivity contribution >= 4 is 34.1 Å². The number of primary amides is 1. The maximum atomic E-state index is 12.4. The monoisotopic (exact) mass is 366 g/mol. The van der Waals surface area contributed by atoms with E-state index in [2.05, 4.69) is 5.32 Å². The van der Waals surface area contributed by atoms with Crippen molar-refractivity contribution in [3.05, 3.63) is 16.0 Å². The smallest absolute Gasteiger partial charge is 0.341 e. The van der Waals surface area contributed by atoms with Gasteiger partial charge in [0.25, 0.3) is 5.91 Å². The number of hydrogen-bond donors (Lipinski definition) is 2. The van der Waals surface area contributed by atoms with Crippen molar-refractivity contribution in [3.63, 3.8) is 0 Å². The number of rotatable bonds is 7. The Morgan fingerprint density at radius 2 is 1.92 bits per heavy atom. The zero-order valence-corrected chi connectivity index (χ0v) is 15.8. The standard InChI is InChI=1S/C18H26N2O4S/c1-10(2)24-18(23)14-11(3)15(16(19)22)25-17(14)20-13(21)9-8-12-6-4-5-7-12/h10,12H,4-9H2,1-3H3,(H2,19,22)(H,20,21). The average Bonchev–Trinajstić information content (AvgIpc) is 3.12. The topological polar surface area (TPSA) is 98.5 Å². The Labute approximate surface area is 152 Å². The fourth-order valence-corrected chi connectivity index (χ4v) is 4.24. The molecule has 1 aliphatic carbocycles. The lowest BCUT2D eigenvalue weighted by Gasteiger charge is -2.11. The molecule has 0 unspecified atom stereocenters. The first-order valence-electron chi connectivity index (χ1n) is 8.73. The summed E-state index contributed by atoms with van der Waals surface area (Å²) in [7, 11) is 0. The van der Waals surface area contributed by atoms with Gasteiger partial charge in [0.2, 0.25) is 5.91 Å². The van der Waals surface area contributed by atoms with Crippen molar-refractivity contribution in [1.82, 2.24) is 0 Å². The first-order chi connectivity index (χ1) is 11.8. The van der Waals surface area contributed by atoms with Crippen LogP contribution in [0.25, 0.3) is 0 Å². The highest BCUT2D eigenvalue weighted by molar-refractivity contribution is 7.18. The number of amides is 2. The lowest BCUT2D eigenvalue weighted by atomic mass is 10.0. The van der Waals surface area contributed by atoms with E-state index in [0.29, 0.717) is 22.9 Å². The number of nitrogens with one attached hydrogen (secondary N) is 1. The molecule has 3 N–H and O–H groups in total. The highest BCUT2D eigenvalue weighted by Crippen LogP contribution is 2.34. The van der Waals surface area contributed by atoms with Crippen LogP contribution in [0, 0.1) is 12.8 Å². The van der Waals surface area contributed by atoms with Crippen LogP contribution in [0.2, 0.25) is 0 Å². The summed E-state index contributed by atoms with van der Waals surface area (Å²) in [6, 6.07) is 0. The predicted octanol–water partition coefficient (Wildman–Crippen LogP) is 3.63. The summed E-state index contributed by atoms with van der Waals surface area (Å²) in [5, 5.41) is 3.12. The van der Waals surface area contributed by atoms with E-state index in [-0.39, 0.29) is 22.5 Å². The molecule has 7 heteroatoms. The van der Waals surface area contributed by atoms with Crippen molar-refractivity contribution < 1.29 is 19.1 Å². The summed E-state index contributed by atoms with van der Waals surface area (Å²) < 4.78 is 5.24. The Hall–Kier alpha value is -1.89. The van der Waals surface area contributed by atoms with Crippen LogP contribution in [0.1, 0.15) is 78.0 Å². The Morgan fingerprint density at radius 3 is 2.48 bits per heavy atom. The number of nitrogens with two attached hydrogens (primary N) is 1. The minimum Gasteiger partial charge on any atom is -0.459 e. The van der Waals surface area contributed by atoms with Gasteiger partial charge in [-0.3, -0.25) is 9.59 Å². The molecular weight excluding hydrogens is 340 g/mol. The van der Waals surface area contributed by atoms with E-state index in [0.717, 1.165) is 17.8 Å². The number of esters is 1. The van der Waals surface area contributed by atoms with Gasteiger partial charge in [-0.15, -0.1) is 11.3 Å². The summed E-state index contributed by atoms with van der Waals surface area (Å²) in [5.41, 5.74) is 6.05. The van der Waals surface area contributed by atoms with E-state index < -0.39 is 11.9 Å². The molecule has 0 radical (unpaired) electrons. The van der Waals surface area contributed by atoms with Gasteiger partial charge in [0.05, 0.1) is 16.5 Å². The zero-order chi connectivity index (χ0) is 18.6. The number of thiophene rings is 1. The average molecular weight is 366 g/mol. The minimum absolute atomic E-state index is 0.150. The second-order valence-electron chi connectivity index (χ2n) is 6.82. The summed E-state index contributed by atoms with van der Waals surface area (Å²) in [6.07, 6.45) is 5.81. The Balaban J connectivity index is 2.14. The molecule has 0 atom stereocenters. The van der Waals surface area contributed by atoms with Crippen LogP contribution in [0.3, 0.4) is 0 Å². The SMILES string of the molecule is Cc1c(C(N)=O)sc(NC(=O)CCC2CCCC2)c1C(=O)OC(C)C. The van der Waals surface area contributed by atoms with Crippen LogP contribution in [0.5, 0.6) is 0 Å². The van der Waals surface area contributed by atoms with E-state index in [9.17, 15) is 14.4 Å². The number of ether oxygens (including phenoxy) is 1. The first kappa shape index (κ1) is 19.4. The summed E-state index contributed by atoms with van der Waals surface area (Å²) in [4.78, 5) is 36.5. The molecule has 138 valence electrons. The molecule has 2 amide bonds. The molecule has 0 bridgehead atoms. The third-order valence-corrected chi connectivity index (χ3v) is 5.65. The van der Waals surface area contributed by atoms with E-state index >= 15 is 0 Å². The van der Waals surface area contributed by atoms with Crippen LogP contribution in [-0.4, -0.2) is 23.9 Å².